The molecular weight excluding hydrogens is 394 g/mol. The summed E-state index contributed by atoms with van der Waals surface area (Å²) in [7, 11) is -3.21. The van der Waals surface area contributed by atoms with Gasteiger partial charge in [0.05, 0.1) is 10.6 Å². The second-order valence-corrected chi connectivity index (χ2v) is 9.37. The fourth-order valence-electron chi connectivity index (χ4n) is 3.54. The lowest BCUT2D eigenvalue weighted by molar-refractivity contribution is 0.130. The number of rotatable bonds is 5. The molecule has 4 rings (SSSR count). The topological polar surface area (TPSA) is 55.7 Å². The molecule has 3 aromatic rings. The fraction of sp³-hybridized carbons (Fsp3) is 0.160. The van der Waals surface area contributed by atoms with Gasteiger partial charge in [-0.05, 0) is 53.3 Å². The summed E-state index contributed by atoms with van der Waals surface area (Å²) < 4.78 is 23.5. The molecule has 0 bridgehead atoms. The van der Waals surface area contributed by atoms with Crippen LogP contribution in [0.25, 0.3) is 11.6 Å². The van der Waals surface area contributed by atoms with Crippen molar-refractivity contribution in [3.8, 4) is 0 Å². The van der Waals surface area contributed by atoms with E-state index in [4.69, 9.17) is 4.84 Å². The number of fused-ring (bicyclic) bond motifs is 1. The molecule has 0 saturated carbocycles. The van der Waals surface area contributed by atoms with Crippen LogP contribution in [0, 0.1) is 0 Å². The molecule has 0 heterocycles. The second kappa shape index (κ2) is 8.67. The van der Waals surface area contributed by atoms with E-state index in [1.807, 2.05) is 54.6 Å². The minimum Gasteiger partial charge on any atom is -0.391 e. The van der Waals surface area contributed by atoms with E-state index < -0.39 is 9.84 Å². The van der Waals surface area contributed by atoms with Gasteiger partial charge in [0.1, 0.15) is 6.61 Å². The molecule has 0 radical (unpaired) electrons. The molecule has 30 heavy (non-hydrogen) atoms. The molecule has 0 aliphatic heterocycles. The average molecular weight is 418 g/mol. The van der Waals surface area contributed by atoms with Crippen molar-refractivity contribution in [3.05, 3.63) is 101 Å². The van der Waals surface area contributed by atoms with Crippen LogP contribution in [0.5, 0.6) is 0 Å². The van der Waals surface area contributed by atoms with E-state index in [-0.39, 0.29) is 0 Å². The normalized spacial score (nSPS) is 16.4. The van der Waals surface area contributed by atoms with Gasteiger partial charge in [-0.1, -0.05) is 71.9 Å². The molecule has 0 fully saturated rings. The van der Waals surface area contributed by atoms with Crippen LogP contribution in [0.15, 0.2) is 88.9 Å². The Hall–Kier alpha value is -3.18. The SMILES string of the molecule is CS(=O)(=O)c1ccc(/C=C2\C(=N\OCc3ccccc3)CCc3ccccc32)cc1. The van der Waals surface area contributed by atoms with Crippen LogP contribution in [-0.4, -0.2) is 20.4 Å². The molecule has 0 atom stereocenters. The van der Waals surface area contributed by atoms with E-state index in [2.05, 4.69) is 23.4 Å². The standard InChI is InChI=1S/C25H23NO3S/c1-30(27,28)22-14-11-19(12-15-22)17-24-23-10-6-5-9-21(23)13-16-25(24)26-29-18-20-7-3-2-4-8-20/h2-12,14-15,17H,13,16,18H2,1H3/b24-17-,26-25+. The summed E-state index contributed by atoms with van der Waals surface area (Å²) in [6.07, 6.45) is 4.97. The zero-order valence-electron chi connectivity index (χ0n) is 16.8. The quantitative estimate of drug-likeness (QED) is 0.540. The van der Waals surface area contributed by atoms with Crippen molar-refractivity contribution >= 4 is 27.2 Å². The van der Waals surface area contributed by atoms with Gasteiger partial charge in [0, 0.05) is 11.8 Å². The van der Waals surface area contributed by atoms with Crippen LogP contribution in [0.1, 0.15) is 28.7 Å². The highest BCUT2D eigenvalue weighted by Crippen LogP contribution is 2.31. The Bertz CT molecular complexity index is 1190. The summed E-state index contributed by atoms with van der Waals surface area (Å²) in [5.74, 6) is 0. The van der Waals surface area contributed by atoms with Crippen molar-refractivity contribution in [3.63, 3.8) is 0 Å². The Morgan fingerprint density at radius 3 is 2.33 bits per heavy atom. The maximum Gasteiger partial charge on any atom is 0.175 e. The molecule has 3 aromatic carbocycles. The van der Waals surface area contributed by atoms with Crippen LogP contribution < -0.4 is 0 Å². The Kier molecular flexibility index (Phi) is 5.81. The third kappa shape index (κ3) is 4.69. The van der Waals surface area contributed by atoms with E-state index in [0.717, 1.165) is 40.8 Å². The fourth-order valence-corrected chi connectivity index (χ4v) is 4.17. The number of nitrogens with zero attached hydrogens (tertiary/aromatic N) is 1. The Balaban J connectivity index is 1.66. The summed E-state index contributed by atoms with van der Waals surface area (Å²) in [5.41, 5.74) is 6.31. The molecular formula is C25H23NO3S. The van der Waals surface area contributed by atoms with E-state index in [9.17, 15) is 8.42 Å². The maximum absolute atomic E-state index is 11.7. The first kappa shape index (κ1) is 20.1. The molecule has 5 heteroatoms. The highest BCUT2D eigenvalue weighted by atomic mass is 32.2. The smallest absolute Gasteiger partial charge is 0.175 e. The first-order chi connectivity index (χ1) is 14.5. The summed E-state index contributed by atoms with van der Waals surface area (Å²) in [6, 6.07) is 25.2. The van der Waals surface area contributed by atoms with Crippen LogP contribution in [-0.2, 0) is 27.7 Å². The predicted molar refractivity (Wildman–Crippen MR) is 121 cm³/mol. The molecule has 1 aliphatic rings. The van der Waals surface area contributed by atoms with Crippen molar-refractivity contribution < 1.29 is 13.3 Å². The minimum atomic E-state index is -3.21. The number of hydrogen-bond acceptors (Lipinski definition) is 4. The number of allylic oxidation sites excluding steroid dienone is 1. The van der Waals surface area contributed by atoms with Crippen molar-refractivity contribution in [2.75, 3.05) is 6.26 Å². The Morgan fingerprint density at radius 1 is 0.900 bits per heavy atom. The molecule has 0 aromatic heterocycles. The summed E-state index contributed by atoms with van der Waals surface area (Å²) in [4.78, 5) is 5.99. The van der Waals surface area contributed by atoms with Gasteiger partial charge < -0.3 is 4.84 Å². The first-order valence-electron chi connectivity index (χ1n) is 9.84. The minimum absolute atomic E-state index is 0.314. The molecule has 0 saturated heterocycles. The number of sulfone groups is 1. The van der Waals surface area contributed by atoms with E-state index >= 15 is 0 Å². The number of aryl methyl sites for hydroxylation is 1. The van der Waals surface area contributed by atoms with Crippen molar-refractivity contribution in [2.24, 2.45) is 5.16 Å². The maximum atomic E-state index is 11.7. The van der Waals surface area contributed by atoms with E-state index in [0.29, 0.717) is 11.5 Å². The van der Waals surface area contributed by atoms with Gasteiger partial charge in [0.2, 0.25) is 0 Å². The number of oxime groups is 1. The lowest BCUT2D eigenvalue weighted by atomic mass is 9.85. The van der Waals surface area contributed by atoms with Crippen molar-refractivity contribution in [1.82, 2.24) is 0 Å². The van der Waals surface area contributed by atoms with Gasteiger partial charge in [-0.3, -0.25) is 0 Å². The monoisotopic (exact) mass is 417 g/mol. The second-order valence-electron chi connectivity index (χ2n) is 7.35. The Morgan fingerprint density at radius 2 is 1.60 bits per heavy atom. The molecule has 1 aliphatic carbocycles. The van der Waals surface area contributed by atoms with Gasteiger partial charge in [-0.2, -0.15) is 0 Å². The van der Waals surface area contributed by atoms with Gasteiger partial charge >= 0.3 is 0 Å². The molecule has 0 unspecified atom stereocenters. The first-order valence-corrected chi connectivity index (χ1v) is 11.7. The lowest BCUT2D eigenvalue weighted by Gasteiger charge is -2.21. The summed E-state index contributed by atoms with van der Waals surface area (Å²) >= 11 is 0. The third-order valence-corrected chi connectivity index (χ3v) is 6.25. The van der Waals surface area contributed by atoms with Crippen LogP contribution >= 0.6 is 0 Å². The summed E-state index contributed by atoms with van der Waals surface area (Å²) in [5, 5.41) is 4.46. The van der Waals surface area contributed by atoms with Crippen LogP contribution in [0.4, 0.5) is 0 Å². The average Bonchev–Trinajstić information content (AvgIpc) is 2.75. The third-order valence-electron chi connectivity index (χ3n) is 5.12. The zero-order valence-corrected chi connectivity index (χ0v) is 17.6. The van der Waals surface area contributed by atoms with Crippen LogP contribution in [0.3, 0.4) is 0 Å². The predicted octanol–water partition coefficient (Wildman–Crippen LogP) is 5.15. The molecule has 0 amide bonds. The number of hydrogen-bond donors (Lipinski definition) is 0. The zero-order chi connectivity index (χ0) is 21.0. The largest absolute Gasteiger partial charge is 0.391 e. The number of benzene rings is 3. The van der Waals surface area contributed by atoms with Gasteiger partial charge in [-0.25, -0.2) is 8.42 Å². The van der Waals surface area contributed by atoms with Gasteiger partial charge in [-0.15, -0.1) is 0 Å². The van der Waals surface area contributed by atoms with Crippen molar-refractivity contribution in [2.45, 2.75) is 24.3 Å². The highest BCUT2D eigenvalue weighted by molar-refractivity contribution is 7.90. The molecule has 0 N–H and O–H groups in total. The van der Waals surface area contributed by atoms with Gasteiger partial charge in [0.15, 0.2) is 9.84 Å². The Labute approximate surface area is 177 Å². The van der Waals surface area contributed by atoms with Crippen LogP contribution in [0.2, 0.25) is 0 Å². The lowest BCUT2D eigenvalue weighted by Crippen LogP contribution is -2.13. The summed E-state index contributed by atoms with van der Waals surface area (Å²) in [6.45, 7) is 0.419. The van der Waals surface area contributed by atoms with E-state index in [1.54, 1.807) is 12.1 Å². The van der Waals surface area contributed by atoms with E-state index in [1.165, 1.54) is 11.8 Å². The molecule has 4 nitrogen and oxygen atoms in total. The highest BCUT2D eigenvalue weighted by Gasteiger charge is 2.20. The molecule has 152 valence electrons. The van der Waals surface area contributed by atoms with Crippen molar-refractivity contribution in [1.29, 1.82) is 0 Å². The molecule has 0 spiro atoms. The van der Waals surface area contributed by atoms with Gasteiger partial charge in [0.25, 0.3) is 0 Å².